The maximum absolute atomic E-state index is 11.9. The molecule has 10 heteroatoms. The Hall–Kier alpha value is -1.70. The highest BCUT2D eigenvalue weighted by atomic mass is 35.5. The van der Waals surface area contributed by atoms with Gasteiger partial charge in [0.05, 0.1) is 12.3 Å². The molecule has 1 aliphatic heterocycles. The largest absolute Gasteiger partial charge is 0.391 e. The summed E-state index contributed by atoms with van der Waals surface area (Å²) in [6.07, 6.45) is -3.66. The number of ether oxygens (including phenoxy) is 1. The predicted molar refractivity (Wildman–Crippen MR) is 72.8 cm³/mol. The summed E-state index contributed by atoms with van der Waals surface area (Å²) in [7, 11) is 0. The molecule has 0 saturated carbocycles. The monoisotopic (exact) mass is 315 g/mol. The van der Waals surface area contributed by atoms with Gasteiger partial charge < -0.3 is 26.4 Å². The normalized spacial score (nSPS) is 33.3. The van der Waals surface area contributed by atoms with Gasteiger partial charge in [-0.15, -0.1) is 0 Å². The summed E-state index contributed by atoms with van der Waals surface area (Å²) in [5, 5.41) is 25.7. The van der Waals surface area contributed by atoms with Gasteiger partial charge in [0.2, 0.25) is 0 Å². The van der Waals surface area contributed by atoms with Crippen molar-refractivity contribution in [1.29, 1.82) is 0 Å². The van der Waals surface area contributed by atoms with Crippen molar-refractivity contribution in [2.75, 3.05) is 5.73 Å². The molecule has 2 heterocycles. The molecule has 0 bridgehead atoms. The van der Waals surface area contributed by atoms with Gasteiger partial charge in [-0.2, -0.15) is 14.8 Å². The van der Waals surface area contributed by atoms with Crippen molar-refractivity contribution in [3.63, 3.8) is 0 Å². The molecule has 0 spiro atoms. The Kier molecular flexibility index (Phi) is 4.18. The number of aromatic nitrogens is 3. The summed E-state index contributed by atoms with van der Waals surface area (Å²) < 4.78 is 6.24. The van der Waals surface area contributed by atoms with Gasteiger partial charge in [-0.25, -0.2) is 4.79 Å². The van der Waals surface area contributed by atoms with Gasteiger partial charge in [-0.3, -0.25) is 0 Å². The van der Waals surface area contributed by atoms with Crippen LogP contribution in [-0.2, 0) is 4.74 Å². The van der Waals surface area contributed by atoms with Crippen LogP contribution in [0.2, 0.25) is 0 Å². The lowest BCUT2D eigenvalue weighted by atomic mass is 9.90. The number of nitrogens with zero attached hydrogens (tertiary/aromatic N) is 3. The molecule has 114 valence electrons. The van der Waals surface area contributed by atoms with E-state index in [0.717, 1.165) is 10.9 Å². The summed E-state index contributed by atoms with van der Waals surface area (Å²) in [5.41, 5.74) is 8.81. The van der Waals surface area contributed by atoms with Crippen molar-refractivity contribution >= 4 is 17.4 Å². The van der Waals surface area contributed by atoms with Crippen molar-refractivity contribution in [3.05, 3.63) is 16.7 Å². The Morgan fingerprint density at radius 2 is 2.33 bits per heavy atom. The maximum Gasteiger partial charge on any atom is 0.368 e. The first-order chi connectivity index (χ1) is 9.81. The van der Waals surface area contributed by atoms with Crippen molar-refractivity contribution < 1.29 is 14.9 Å². The molecule has 1 fully saturated rings. The zero-order valence-corrected chi connectivity index (χ0v) is 11.7. The van der Waals surface area contributed by atoms with E-state index < -0.39 is 35.8 Å². The zero-order valence-electron chi connectivity index (χ0n) is 11.0. The van der Waals surface area contributed by atoms with Crippen molar-refractivity contribution in [2.24, 2.45) is 5.73 Å². The number of nitrogen functional groups attached to an aromatic ring is 1. The summed E-state index contributed by atoms with van der Waals surface area (Å²) in [6.45, 7) is 1.41. The molecule has 1 aliphatic rings. The van der Waals surface area contributed by atoms with Crippen molar-refractivity contribution in [3.8, 4) is 11.3 Å². The number of anilines is 1. The van der Waals surface area contributed by atoms with Crippen molar-refractivity contribution in [1.82, 2.24) is 14.8 Å². The molecule has 0 amide bonds. The molecule has 0 aromatic carbocycles. The molecule has 1 saturated heterocycles. The molecule has 9 nitrogen and oxygen atoms in total. The van der Waals surface area contributed by atoms with E-state index in [1.54, 1.807) is 0 Å². The summed E-state index contributed by atoms with van der Waals surface area (Å²) in [4.78, 5) is 15.4. The van der Waals surface area contributed by atoms with Gasteiger partial charge in [0.1, 0.15) is 18.0 Å². The van der Waals surface area contributed by atoms with Crippen LogP contribution in [0.15, 0.2) is 11.0 Å². The lowest BCUT2D eigenvalue weighted by Crippen LogP contribution is -2.55. The van der Waals surface area contributed by atoms with Crippen LogP contribution in [-0.4, -0.2) is 48.8 Å². The standard InChI is InChI=1S/C11H14ClN5O4/c1-5(18)7-8(19)11(14,2-3-12)9(21-7)17-10(20)16-6(13)4-15-17/h4-5,7-9,18-19H,14H2,1H3,(H2,13,16,20)/t5-,7-,8?,9-,11-/m1/s1. The maximum atomic E-state index is 11.9. The first kappa shape index (κ1) is 15.7. The topological polar surface area (TPSA) is 150 Å². The quantitative estimate of drug-likeness (QED) is 0.447. The molecule has 2 rings (SSSR count). The zero-order chi connectivity index (χ0) is 15.8. The summed E-state index contributed by atoms with van der Waals surface area (Å²) >= 11 is 5.37. The average Bonchev–Trinajstić information content (AvgIpc) is 2.64. The van der Waals surface area contributed by atoms with Gasteiger partial charge in [0, 0.05) is 5.38 Å². The number of nitrogens with two attached hydrogens (primary N) is 2. The average molecular weight is 316 g/mol. The molecule has 5 atom stereocenters. The molecular formula is C11H14ClN5O4. The number of hydrogen-bond acceptors (Lipinski definition) is 8. The molecule has 6 N–H and O–H groups in total. The fraction of sp³-hybridized carbons (Fsp3) is 0.545. The van der Waals surface area contributed by atoms with Gasteiger partial charge in [-0.05, 0) is 18.5 Å². The fourth-order valence-corrected chi connectivity index (χ4v) is 2.29. The van der Waals surface area contributed by atoms with Crippen LogP contribution in [0.25, 0.3) is 0 Å². The van der Waals surface area contributed by atoms with Gasteiger partial charge in [-0.1, -0.05) is 5.92 Å². The second-order valence-electron chi connectivity index (χ2n) is 4.70. The number of halogens is 1. The predicted octanol–water partition coefficient (Wildman–Crippen LogP) is -2.24. The van der Waals surface area contributed by atoms with E-state index in [0.29, 0.717) is 0 Å². The Morgan fingerprint density at radius 3 is 2.86 bits per heavy atom. The molecule has 21 heavy (non-hydrogen) atoms. The number of aliphatic hydroxyl groups is 2. The smallest absolute Gasteiger partial charge is 0.368 e. The Bertz CT molecular complexity index is 654. The van der Waals surface area contributed by atoms with Gasteiger partial charge >= 0.3 is 5.69 Å². The SMILES string of the molecule is C[C@@H](O)[C@H]1O[C@@H](n2ncc(N)nc2=O)[C@@](N)(C#CCl)C1O. The van der Waals surface area contributed by atoms with Crippen molar-refractivity contribution in [2.45, 2.75) is 37.0 Å². The third-order valence-corrected chi connectivity index (χ3v) is 3.29. The van der Waals surface area contributed by atoms with Crippen LogP contribution >= 0.6 is 11.6 Å². The minimum Gasteiger partial charge on any atom is -0.391 e. The first-order valence-corrected chi connectivity index (χ1v) is 6.33. The summed E-state index contributed by atoms with van der Waals surface area (Å²) in [6, 6.07) is 0. The minimum atomic E-state index is -1.74. The highest BCUT2D eigenvalue weighted by Gasteiger charge is 2.56. The van der Waals surface area contributed by atoms with E-state index in [4.69, 9.17) is 27.8 Å². The highest BCUT2D eigenvalue weighted by molar-refractivity contribution is 6.30. The van der Waals surface area contributed by atoms with Gasteiger partial charge in [0.15, 0.2) is 11.8 Å². The van der Waals surface area contributed by atoms with E-state index in [9.17, 15) is 15.0 Å². The number of rotatable bonds is 2. The first-order valence-electron chi connectivity index (χ1n) is 5.96. The van der Waals surface area contributed by atoms with E-state index in [1.807, 2.05) is 0 Å². The van der Waals surface area contributed by atoms with Gasteiger partial charge in [0.25, 0.3) is 0 Å². The Balaban J connectivity index is 2.54. The van der Waals surface area contributed by atoms with E-state index in [2.05, 4.69) is 21.4 Å². The summed E-state index contributed by atoms with van der Waals surface area (Å²) in [5.74, 6) is 2.32. The molecular weight excluding hydrogens is 302 g/mol. The van der Waals surface area contributed by atoms with Crippen LogP contribution in [0.4, 0.5) is 5.82 Å². The third-order valence-electron chi connectivity index (χ3n) is 3.19. The third kappa shape index (κ3) is 2.59. The second kappa shape index (κ2) is 5.59. The lowest BCUT2D eigenvalue weighted by molar-refractivity contribution is -0.0816. The number of hydrogen-bond donors (Lipinski definition) is 4. The molecule has 1 unspecified atom stereocenters. The number of aliphatic hydroxyl groups excluding tert-OH is 2. The van der Waals surface area contributed by atoms with Crippen LogP contribution in [0.5, 0.6) is 0 Å². The van der Waals surface area contributed by atoms with E-state index in [1.165, 1.54) is 6.92 Å². The van der Waals surface area contributed by atoms with E-state index in [-0.39, 0.29) is 5.82 Å². The molecule has 0 radical (unpaired) electrons. The Morgan fingerprint density at radius 1 is 1.67 bits per heavy atom. The van der Waals surface area contributed by atoms with Crippen LogP contribution in [0.1, 0.15) is 13.2 Å². The Labute approximate surface area is 124 Å². The highest BCUT2D eigenvalue weighted by Crippen LogP contribution is 2.36. The van der Waals surface area contributed by atoms with Crippen LogP contribution < -0.4 is 17.2 Å². The van der Waals surface area contributed by atoms with E-state index >= 15 is 0 Å². The molecule has 1 aromatic rings. The molecule has 1 aromatic heterocycles. The lowest BCUT2D eigenvalue weighted by Gasteiger charge is -2.26. The minimum absolute atomic E-state index is 0.0760. The molecule has 0 aliphatic carbocycles. The van der Waals surface area contributed by atoms with Crippen LogP contribution in [0.3, 0.4) is 0 Å². The second-order valence-corrected chi connectivity index (χ2v) is 4.89. The fourth-order valence-electron chi connectivity index (χ4n) is 2.13. The van der Waals surface area contributed by atoms with Crippen LogP contribution in [0, 0.1) is 11.3 Å².